The van der Waals surface area contributed by atoms with E-state index in [1.807, 2.05) is 0 Å². The van der Waals surface area contributed by atoms with E-state index in [0.29, 0.717) is 6.42 Å². The number of hydrogen-bond acceptors (Lipinski definition) is 1. The molecule has 0 amide bonds. The van der Waals surface area contributed by atoms with Gasteiger partial charge < -0.3 is 5.11 Å². The quantitative estimate of drug-likeness (QED) is 0.255. The second kappa shape index (κ2) is 18.0. The van der Waals surface area contributed by atoms with Gasteiger partial charge in [0.15, 0.2) is 0 Å². The summed E-state index contributed by atoms with van der Waals surface area (Å²) in [4.78, 5) is 10.3. The third-order valence-corrected chi connectivity index (χ3v) is 3.84. The molecule has 22 heavy (non-hydrogen) atoms. The van der Waals surface area contributed by atoms with Crippen LogP contribution in [0.25, 0.3) is 0 Å². The zero-order valence-electron chi connectivity index (χ0n) is 14.6. The van der Waals surface area contributed by atoms with Gasteiger partial charge in [-0.3, -0.25) is 4.79 Å². The van der Waals surface area contributed by atoms with Crippen molar-refractivity contribution in [3.63, 3.8) is 0 Å². The number of unbranched alkanes of at least 4 members (excludes halogenated alkanes) is 10. The molecule has 0 saturated carbocycles. The van der Waals surface area contributed by atoms with Crippen LogP contribution in [-0.4, -0.2) is 11.1 Å². The Labute approximate surface area is 137 Å². The topological polar surface area (TPSA) is 37.3 Å². The summed E-state index contributed by atoms with van der Waals surface area (Å²) in [6.07, 6.45) is 25.2. The molecule has 0 saturated heterocycles. The largest absolute Gasteiger partial charge is 0.481 e. The molecule has 0 spiro atoms. The lowest BCUT2D eigenvalue weighted by Gasteiger charge is -1.99. The fraction of sp³-hybridized carbons (Fsp3) is 0.750. The van der Waals surface area contributed by atoms with E-state index >= 15 is 0 Å². The van der Waals surface area contributed by atoms with Crippen LogP contribution in [0.5, 0.6) is 0 Å². The van der Waals surface area contributed by atoms with E-state index in [2.05, 4.69) is 31.2 Å². The number of rotatable bonds is 16. The molecule has 0 aromatic rings. The Morgan fingerprint density at radius 1 is 0.727 bits per heavy atom. The number of carboxylic acid groups (broad SMARTS) is 1. The van der Waals surface area contributed by atoms with Crippen LogP contribution in [0.2, 0.25) is 0 Å². The smallest absolute Gasteiger partial charge is 0.303 e. The van der Waals surface area contributed by atoms with E-state index < -0.39 is 5.97 Å². The highest BCUT2D eigenvalue weighted by molar-refractivity contribution is 5.66. The van der Waals surface area contributed by atoms with Crippen molar-refractivity contribution in [3.8, 4) is 0 Å². The van der Waals surface area contributed by atoms with E-state index in [1.54, 1.807) is 0 Å². The molecule has 0 fully saturated rings. The Hall–Kier alpha value is -1.05. The van der Waals surface area contributed by atoms with Crippen LogP contribution in [0.4, 0.5) is 0 Å². The first-order valence-corrected chi connectivity index (χ1v) is 9.29. The van der Waals surface area contributed by atoms with Gasteiger partial charge in [-0.15, -0.1) is 0 Å². The lowest BCUT2D eigenvalue weighted by atomic mass is 10.1. The van der Waals surface area contributed by atoms with Crippen molar-refractivity contribution in [3.05, 3.63) is 24.3 Å². The highest BCUT2D eigenvalue weighted by Gasteiger charge is 1.96. The van der Waals surface area contributed by atoms with Crippen molar-refractivity contribution in [1.29, 1.82) is 0 Å². The maximum Gasteiger partial charge on any atom is 0.303 e. The lowest BCUT2D eigenvalue weighted by molar-refractivity contribution is -0.137. The maximum atomic E-state index is 10.3. The summed E-state index contributed by atoms with van der Waals surface area (Å²) >= 11 is 0. The van der Waals surface area contributed by atoms with E-state index in [1.165, 1.54) is 64.2 Å². The fourth-order valence-electron chi connectivity index (χ4n) is 2.44. The molecular weight excluding hydrogens is 272 g/mol. The number of allylic oxidation sites excluding steroid dienone is 4. The Morgan fingerprint density at radius 3 is 1.77 bits per heavy atom. The molecule has 2 heteroatoms. The molecule has 0 bridgehead atoms. The Balaban J connectivity index is 3.17. The van der Waals surface area contributed by atoms with E-state index in [-0.39, 0.29) is 0 Å². The van der Waals surface area contributed by atoms with Crippen molar-refractivity contribution in [2.45, 2.75) is 96.8 Å². The van der Waals surface area contributed by atoms with Crippen LogP contribution in [0.1, 0.15) is 96.8 Å². The number of hydrogen-bond donors (Lipinski definition) is 1. The van der Waals surface area contributed by atoms with E-state index in [9.17, 15) is 4.79 Å². The van der Waals surface area contributed by atoms with Gasteiger partial charge >= 0.3 is 5.97 Å². The summed E-state index contributed by atoms with van der Waals surface area (Å²) in [5.41, 5.74) is 0. The van der Waals surface area contributed by atoms with E-state index in [4.69, 9.17) is 5.11 Å². The molecule has 1 N–H and O–H groups in total. The van der Waals surface area contributed by atoms with E-state index in [0.717, 1.165) is 19.3 Å². The minimum absolute atomic E-state index is 0.328. The predicted molar refractivity (Wildman–Crippen MR) is 96.2 cm³/mol. The average Bonchev–Trinajstić information content (AvgIpc) is 2.50. The molecule has 0 radical (unpaired) electrons. The SMILES string of the molecule is CCCCCC/C=C/C/C=C/CCCCCCCCC(=O)O. The van der Waals surface area contributed by atoms with Crippen molar-refractivity contribution in [2.24, 2.45) is 0 Å². The molecule has 0 atom stereocenters. The van der Waals surface area contributed by atoms with Crippen LogP contribution in [-0.2, 0) is 4.79 Å². The van der Waals surface area contributed by atoms with Crippen LogP contribution in [0.3, 0.4) is 0 Å². The van der Waals surface area contributed by atoms with Gasteiger partial charge in [-0.25, -0.2) is 0 Å². The summed E-state index contributed by atoms with van der Waals surface area (Å²) in [6.45, 7) is 2.25. The molecule has 0 aromatic carbocycles. The predicted octanol–water partition coefficient (Wildman–Crippen LogP) is 6.66. The van der Waals surface area contributed by atoms with Gasteiger partial charge in [0.2, 0.25) is 0 Å². The van der Waals surface area contributed by atoms with Crippen LogP contribution in [0, 0.1) is 0 Å². The van der Waals surface area contributed by atoms with Gasteiger partial charge in [-0.1, -0.05) is 76.2 Å². The Kier molecular flexibility index (Phi) is 17.1. The maximum absolute atomic E-state index is 10.3. The molecule has 0 aliphatic heterocycles. The molecular formula is C20H36O2. The van der Waals surface area contributed by atoms with Gasteiger partial charge in [0.25, 0.3) is 0 Å². The summed E-state index contributed by atoms with van der Waals surface area (Å²) in [5, 5.41) is 8.53. The first kappa shape index (κ1) is 20.9. The monoisotopic (exact) mass is 308 g/mol. The minimum atomic E-state index is -0.667. The van der Waals surface area contributed by atoms with Crippen molar-refractivity contribution >= 4 is 5.97 Å². The average molecular weight is 309 g/mol. The summed E-state index contributed by atoms with van der Waals surface area (Å²) in [6, 6.07) is 0. The zero-order valence-corrected chi connectivity index (χ0v) is 14.6. The van der Waals surface area contributed by atoms with Gasteiger partial charge in [0.05, 0.1) is 0 Å². The molecule has 0 heterocycles. The van der Waals surface area contributed by atoms with Crippen LogP contribution in [0.15, 0.2) is 24.3 Å². The standard InChI is InChI=1S/C20H36O2/c1-2-3-4-5-6-7-8-9-10-11-12-13-14-15-16-17-18-19-20(21)22/h7-8,10-11H,2-6,9,12-19H2,1H3,(H,21,22)/b8-7+,11-10+. The zero-order chi connectivity index (χ0) is 16.3. The van der Waals surface area contributed by atoms with Crippen LogP contribution < -0.4 is 0 Å². The molecule has 0 rings (SSSR count). The number of carbonyl (C=O) groups is 1. The third-order valence-electron chi connectivity index (χ3n) is 3.84. The highest BCUT2D eigenvalue weighted by Crippen LogP contribution is 2.09. The third kappa shape index (κ3) is 18.9. The molecule has 0 aromatic heterocycles. The van der Waals surface area contributed by atoms with Gasteiger partial charge in [0, 0.05) is 6.42 Å². The number of aliphatic carboxylic acids is 1. The molecule has 128 valence electrons. The normalized spacial score (nSPS) is 11.7. The first-order valence-electron chi connectivity index (χ1n) is 9.29. The minimum Gasteiger partial charge on any atom is -0.481 e. The van der Waals surface area contributed by atoms with Crippen molar-refractivity contribution in [2.75, 3.05) is 0 Å². The molecule has 0 unspecified atom stereocenters. The molecule has 0 aliphatic rings. The molecule has 2 nitrogen and oxygen atoms in total. The van der Waals surface area contributed by atoms with Crippen molar-refractivity contribution < 1.29 is 9.90 Å². The van der Waals surface area contributed by atoms with Gasteiger partial charge in [-0.05, 0) is 38.5 Å². The summed E-state index contributed by atoms with van der Waals surface area (Å²) < 4.78 is 0. The summed E-state index contributed by atoms with van der Waals surface area (Å²) in [5.74, 6) is -0.667. The first-order chi connectivity index (χ1) is 10.8. The van der Waals surface area contributed by atoms with Crippen molar-refractivity contribution in [1.82, 2.24) is 0 Å². The summed E-state index contributed by atoms with van der Waals surface area (Å²) in [7, 11) is 0. The van der Waals surface area contributed by atoms with Crippen LogP contribution >= 0.6 is 0 Å². The highest BCUT2D eigenvalue weighted by atomic mass is 16.4. The Morgan fingerprint density at radius 2 is 1.23 bits per heavy atom. The Bertz CT molecular complexity index is 292. The number of carboxylic acids is 1. The lowest BCUT2D eigenvalue weighted by Crippen LogP contribution is -1.93. The molecule has 0 aliphatic carbocycles. The second-order valence-electron chi connectivity index (χ2n) is 6.08. The second-order valence-corrected chi connectivity index (χ2v) is 6.08. The van der Waals surface area contributed by atoms with Gasteiger partial charge in [-0.2, -0.15) is 0 Å². The fourth-order valence-corrected chi connectivity index (χ4v) is 2.44. The van der Waals surface area contributed by atoms with Gasteiger partial charge in [0.1, 0.15) is 0 Å².